The summed E-state index contributed by atoms with van der Waals surface area (Å²) in [6, 6.07) is 0. The van der Waals surface area contributed by atoms with Crippen molar-refractivity contribution in [3.63, 3.8) is 0 Å². The van der Waals surface area contributed by atoms with Crippen LogP contribution in [0.4, 0.5) is 0 Å². The summed E-state index contributed by atoms with van der Waals surface area (Å²) < 4.78 is 4.82. The molecule has 4 aliphatic rings. The van der Waals surface area contributed by atoms with E-state index in [1.54, 1.807) is 0 Å². The number of carbonyl (C=O) groups excluding carboxylic acids is 1. The van der Waals surface area contributed by atoms with Crippen LogP contribution in [0.15, 0.2) is 0 Å². The second-order valence-corrected chi connectivity index (χ2v) is 6.09. The second-order valence-electron chi connectivity index (χ2n) is 6.09. The summed E-state index contributed by atoms with van der Waals surface area (Å²) in [6.45, 7) is 0. The Bertz CT molecular complexity index is 290. The first kappa shape index (κ1) is 11.5. The van der Waals surface area contributed by atoms with E-state index in [1.807, 2.05) is 0 Å². The van der Waals surface area contributed by atoms with Gasteiger partial charge in [0.1, 0.15) is 0 Å². The third kappa shape index (κ3) is 1.78. The zero-order valence-corrected chi connectivity index (χ0v) is 10.3. The van der Waals surface area contributed by atoms with Crippen molar-refractivity contribution in [2.24, 2.45) is 35.5 Å². The van der Waals surface area contributed by atoms with Crippen LogP contribution in [0.25, 0.3) is 0 Å². The van der Waals surface area contributed by atoms with Gasteiger partial charge in [-0.3, -0.25) is 4.84 Å². The van der Waals surface area contributed by atoms with E-state index in [2.05, 4.69) is 0 Å². The van der Waals surface area contributed by atoms with E-state index in [-0.39, 0.29) is 5.97 Å². The molecule has 0 radical (unpaired) electrons. The van der Waals surface area contributed by atoms with Crippen molar-refractivity contribution < 1.29 is 14.4 Å². The van der Waals surface area contributed by atoms with Crippen molar-refractivity contribution >= 4 is 5.97 Å². The first-order valence-corrected chi connectivity index (χ1v) is 6.66. The Morgan fingerprint density at radius 1 is 1.12 bits per heavy atom. The molecule has 4 heteroatoms. The summed E-state index contributed by atoms with van der Waals surface area (Å²) in [6.07, 6.45) is 5.90. The number of nitrogens with two attached hydrogens (primary N) is 1. The van der Waals surface area contributed by atoms with Crippen LogP contribution in [0.3, 0.4) is 0 Å². The summed E-state index contributed by atoms with van der Waals surface area (Å²) >= 11 is 0. The van der Waals surface area contributed by atoms with Crippen LogP contribution in [0, 0.1) is 29.6 Å². The first-order valence-electron chi connectivity index (χ1n) is 6.66. The standard InChI is InChI=1S/C13H21NO3/c1-16-13(15)12(17-14)11-9-3-7-2-8(5-9)6-10(11)4-7/h7-12H,2-6,14H2,1H3. The molecule has 0 aromatic heterocycles. The van der Waals surface area contributed by atoms with Gasteiger partial charge in [-0.1, -0.05) is 0 Å². The van der Waals surface area contributed by atoms with E-state index >= 15 is 0 Å². The Morgan fingerprint density at radius 2 is 1.65 bits per heavy atom. The maximum Gasteiger partial charge on any atom is 0.337 e. The third-order valence-electron chi connectivity index (χ3n) is 5.23. The maximum absolute atomic E-state index is 11.7. The van der Waals surface area contributed by atoms with E-state index < -0.39 is 6.10 Å². The lowest BCUT2D eigenvalue weighted by Crippen LogP contribution is -2.52. The Labute approximate surface area is 102 Å². The van der Waals surface area contributed by atoms with Crippen molar-refractivity contribution in [1.29, 1.82) is 0 Å². The highest BCUT2D eigenvalue weighted by atomic mass is 16.6. The SMILES string of the molecule is COC(=O)C(ON)C1C2CC3CC(C2)CC1C3. The van der Waals surface area contributed by atoms with Gasteiger partial charge in [0.05, 0.1) is 7.11 Å². The summed E-state index contributed by atoms with van der Waals surface area (Å²) in [5.74, 6) is 8.35. The van der Waals surface area contributed by atoms with Crippen LogP contribution in [0.1, 0.15) is 32.1 Å². The molecular weight excluding hydrogens is 218 g/mol. The van der Waals surface area contributed by atoms with Gasteiger partial charge >= 0.3 is 5.97 Å². The molecule has 1 unspecified atom stereocenters. The molecule has 4 saturated carbocycles. The first-order chi connectivity index (χ1) is 8.22. The molecule has 0 saturated heterocycles. The molecule has 0 amide bonds. The van der Waals surface area contributed by atoms with E-state index in [1.165, 1.54) is 39.2 Å². The van der Waals surface area contributed by atoms with Gasteiger partial charge in [0, 0.05) is 5.92 Å². The Hall–Kier alpha value is -0.610. The van der Waals surface area contributed by atoms with Crippen LogP contribution < -0.4 is 5.90 Å². The Kier molecular flexibility index (Phi) is 2.87. The molecule has 4 nitrogen and oxygen atoms in total. The summed E-state index contributed by atoms with van der Waals surface area (Å²) in [4.78, 5) is 16.7. The molecule has 4 aliphatic carbocycles. The second kappa shape index (κ2) is 4.25. The van der Waals surface area contributed by atoms with E-state index in [4.69, 9.17) is 15.5 Å². The summed E-state index contributed by atoms with van der Waals surface area (Å²) in [5.41, 5.74) is 0. The van der Waals surface area contributed by atoms with Crippen molar-refractivity contribution in [2.75, 3.05) is 7.11 Å². The van der Waals surface area contributed by atoms with Gasteiger partial charge in [0.25, 0.3) is 0 Å². The molecule has 0 aromatic carbocycles. The molecule has 96 valence electrons. The Morgan fingerprint density at radius 3 is 2.06 bits per heavy atom. The molecule has 0 heterocycles. The minimum absolute atomic E-state index is 0.292. The number of hydrogen-bond donors (Lipinski definition) is 1. The van der Waals surface area contributed by atoms with Crippen LogP contribution >= 0.6 is 0 Å². The molecule has 0 aromatic rings. The fourth-order valence-electron chi connectivity index (χ4n) is 4.88. The van der Waals surface area contributed by atoms with Gasteiger partial charge in [-0.05, 0) is 55.8 Å². The molecular formula is C13H21NO3. The van der Waals surface area contributed by atoms with Crippen molar-refractivity contribution in [2.45, 2.75) is 38.2 Å². The topological polar surface area (TPSA) is 61.5 Å². The average Bonchev–Trinajstić information content (AvgIpc) is 2.32. The molecule has 2 N–H and O–H groups in total. The monoisotopic (exact) mass is 239 g/mol. The fourth-order valence-corrected chi connectivity index (χ4v) is 4.88. The van der Waals surface area contributed by atoms with Gasteiger partial charge in [0.15, 0.2) is 6.10 Å². The van der Waals surface area contributed by atoms with E-state index in [0.29, 0.717) is 17.8 Å². The van der Waals surface area contributed by atoms with Crippen LogP contribution in [0.2, 0.25) is 0 Å². The van der Waals surface area contributed by atoms with Gasteiger partial charge in [-0.15, -0.1) is 0 Å². The minimum Gasteiger partial charge on any atom is -0.467 e. The number of rotatable bonds is 3. The number of hydrogen-bond acceptors (Lipinski definition) is 4. The van der Waals surface area contributed by atoms with Crippen LogP contribution in [-0.4, -0.2) is 19.2 Å². The predicted molar refractivity (Wildman–Crippen MR) is 61.6 cm³/mol. The maximum atomic E-state index is 11.7. The number of carbonyl (C=O) groups is 1. The average molecular weight is 239 g/mol. The smallest absolute Gasteiger partial charge is 0.337 e. The molecule has 1 atom stereocenters. The van der Waals surface area contributed by atoms with Gasteiger partial charge < -0.3 is 4.74 Å². The normalized spacial score (nSPS) is 44.7. The highest BCUT2D eigenvalue weighted by Gasteiger charge is 2.52. The summed E-state index contributed by atoms with van der Waals surface area (Å²) in [5, 5.41) is 0. The minimum atomic E-state index is -0.546. The highest BCUT2D eigenvalue weighted by molar-refractivity contribution is 5.75. The van der Waals surface area contributed by atoms with Crippen molar-refractivity contribution in [3.05, 3.63) is 0 Å². The van der Waals surface area contributed by atoms with Crippen molar-refractivity contribution in [3.8, 4) is 0 Å². The number of methoxy groups -OCH3 is 1. The van der Waals surface area contributed by atoms with Crippen molar-refractivity contribution in [1.82, 2.24) is 0 Å². The lowest BCUT2D eigenvalue weighted by Gasteiger charge is -2.55. The molecule has 4 bridgehead atoms. The molecule has 0 aliphatic heterocycles. The molecule has 17 heavy (non-hydrogen) atoms. The molecule has 4 fully saturated rings. The zero-order chi connectivity index (χ0) is 12.0. The van der Waals surface area contributed by atoms with Gasteiger partial charge in [-0.25, -0.2) is 10.7 Å². The van der Waals surface area contributed by atoms with E-state index in [0.717, 1.165) is 11.8 Å². The quantitative estimate of drug-likeness (QED) is 0.598. The van der Waals surface area contributed by atoms with E-state index in [9.17, 15) is 4.79 Å². The number of ether oxygens (including phenoxy) is 1. The molecule has 0 spiro atoms. The van der Waals surface area contributed by atoms with Gasteiger partial charge in [-0.2, -0.15) is 0 Å². The lowest BCUT2D eigenvalue weighted by molar-refractivity contribution is -0.172. The fraction of sp³-hybridized carbons (Fsp3) is 0.923. The lowest BCUT2D eigenvalue weighted by atomic mass is 9.51. The third-order valence-corrected chi connectivity index (χ3v) is 5.23. The highest BCUT2D eigenvalue weighted by Crippen LogP contribution is 2.57. The Balaban J connectivity index is 1.80. The number of esters is 1. The predicted octanol–water partition coefficient (Wildman–Crippen LogP) is 1.49. The summed E-state index contributed by atoms with van der Waals surface area (Å²) in [7, 11) is 1.41. The molecule has 4 rings (SSSR count). The van der Waals surface area contributed by atoms with Crippen LogP contribution in [-0.2, 0) is 14.4 Å². The zero-order valence-electron chi connectivity index (χ0n) is 10.3. The largest absolute Gasteiger partial charge is 0.467 e. The van der Waals surface area contributed by atoms with Crippen LogP contribution in [0.5, 0.6) is 0 Å². The van der Waals surface area contributed by atoms with Gasteiger partial charge in [0.2, 0.25) is 0 Å².